The number of anilines is 3. The fourth-order valence-electron chi connectivity index (χ4n) is 19.1. The molecular weight excluding hydrogens is 1830 g/mol. The van der Waals surface area contributed by atoms with Crippen LogP contribution < -0.4 is 37.2 Å². The summed E-state index contributed by atoms with van der Waals surface area (Å²) in [5.74, 6) is -6.45. The lowest BCUT2D eigenvalue weighted by molar-refractivity contribution is -0.248. The first-order valence-electron chi connectivity index (χ1n) is 46.7. The first-order valence-corrected chi connectivity index (χ1v) is 49.1. The molecule has 3 aromatic heterocycles. The molecule has 43 heteroatoms. The molecule has 9 N–H and O–H groups in total. The van der Waals surface area contributed by atoms with Gasteiger partial charge in [0.05, 0.1) is 173 Å². The van der Waals surface area contributed by atoms with Crippen LogP contribution in [0.1, 0.15) is 129 Å². The number of hydrogen-bond donors (Lipinski definition) is 8. The number of aromatic nitrogens is 4. The Hall–Kier alpha value is -10.6. The van der Waals surface area contributed by atoms with Gasteiger partial charge in [-0.15, -0.1) is 0 Å². The van der Waals surface area contributed by atoms with E-state index in [2.05, 4.69) is 45.4 Å². The van der Waals surface area contributed by atoms with Gasteiger partial charge in [0.15, 0.2) is 10.8 Å². The molecule has 4 saturated carbocycles. The number of nitrogens with one attached hydrogen (secondary N) is 5. The molecule has 0 saturated heterocycles. The van der Waals surface area contributed by atoms with Crippen LogP contribution in [0, 0.1) is 29.1 Å². The predicted octanol–water partition coefficient (Wildman–Crippen LogP) is 7.01. The molecule has 41 nitrogen and oxygen atoms in total. The average molecular weight is 1970 g/mol. The molecule has 756 valence electrons. The van der Waals surface area contributed by atoms with Crippen molar-refractivity contribution >= 4 is 108 Å². The number of carbonyl (C=O) groups excluding carboxylic acids is 9. The minimum atomic E-state index is -4.56. The van der Waals surface area contributed by atoms with Gasteiger partial charge in [0, 0.05) is 106 Å². The van der Waals surface area contributed by atoms with Crippen LogP contribution >= 0.6 is 11.3 Å². The smallest absolute Gasteiger partial charge is 0.410 e. The van der Waals surface area contributed by atoms with Gasteiger partial charge in [-0.2, -0.15) is 13.5 Å². The van der Waals surface area contributed by atoms with E-state index >= 15 is 0 Å². The Kier molecular flexibility index (Phi) is 41.5. The molecule has 6 aliphatic rings. The minimum Gasteiger partial charge on any atom is -0.476 e. The molecule has 4 atom stereocenters. The molecule has 2 unspecified atom stereocenters. The Bertz CT molecular complexity index is 5150. The monoisotopic (exact) mass is 1960 g/mol. The highest BCUT2D eigenvalue weighted by Crippen LogP contribution is 2.72. The van der Waals surface area contributed by atoms with E-state index in [0.29, 0.717) is 178 Å². The maximum Gasteiger partial charge on any atom is 0.410 e. The summed E-state index contributed by atoms with van der Waals surface area (Å²) in [6.45, 7) is 17.5. The van der Waals surface area contributed by atoms with E-state index in [-0.39, 0.29) is 119 Å². The van der Waals surface area contributed by atoms with Crippen molar-refractivity contribution in [1.29, 1.82) is 0 Å². The van der Waals surface area contributed by atoms with Crippen molar-refractivity contribution in [2.45, 2.75) is 136 Å². The topological polar surface area (TPSA) is 508 Å². The number of nitrogens with zero attached hydrogens (tertiary/aromatic N) is 8. The minimum absolute atomic E-state index is 0.00268. The lowest BCUT2D eigenvalue weighted by atomic mass is 9.39. The number of fused-ring (bicyclic) bond motifs is 2. The molecule has 0 radical (unpaired) electrons. The number of urea groups is 1. The fourth-order valence-corrected chi connectivity index (χ4v) is 20.4. The number of methoxy groups -OCH3 is 1. The van der Waals surface area contributed by atoms with Gasteiger partial charge in [0.2, 0.25) is 23.6 Å². The summed E-state index contributed by atoms with van der Waals surface area (Å²) in [5, 5.41) is 29.9. The van der Waals surface area contributed by atoms with E-state index in [1.54, 1.807) is 51.4 Å². The maximum atomic E-state index is 14.2. The Morgan fingerprint density at radius 3 is 1.79 bits per heavy atom. The quantitative estimate of drug-likeness (QED) is 0.0108. The van der Waals surface area contributed by atoms with E-state index in [4.69, 9.17) is 77.4 Å². The Balaban J connectivity index is 0.607. The van der Waals surface area contributed by atoms with Crippen LogP contribution in [-0.4, -0.2) is 334 Å². The number of primary amides is 1. The number of aromatic carboxylic acids is 1. The number of ether oxygens (including phenoxy) is 13. The number of nitrogens with two attached hydrogens (primary N) is 1. The molecular formula is C95H132N14O27S2. The van der Waals surface area contributed by atoms with Crippen molar-refractivity contribution < 1.29 is 128 Å². The van der Waals surface area contributed by atoms with E-state index < -0.39 is 106 Å². The van der Waals surface area contributed by atoms with Gasteiger partial charge in [-0.3, -0.25) is 53.0 Å². The number of thiazole rings is 1. The number of carboxylic acids is 1. The van der Waals surface area contributed by atoms with E-state index in [9.17, 15) is 66.0 Å². The van der Waals surface area contributed by atoms with Crippen molar-refractivity contribution in [3.63, 3.8) is 0 Å². The maximum absolute atomic E-state index is 14.2. The van der Waals surface area contributed by atoms with Crippen LogP contribution in [0.4, 0.5) is 26.2 Å². The zero-order valence-corrected chi connectivity index (χ0v) is 81.1. The third-order valence-corrected chi connectivity index (χ3v) is 26.2. The highest BCUT2D eigenvalue weighted by atomic mass is 32.2. The Morgan fingerprint density at radius 2 is 1.22 bits per heavy atom. The van der Waals surface area contributed by atoms with Gasteiger partial charge in [-0.1, -0.05) is 75.4 Å². The second-order valence-electron chi connectivity index (χ2n) is 36.1. The number of carboxylic acid groups (broad SMARTS) is 1. The van der Waals surface area contributed by atoms with Gasteiger partial charge >= 0.3 is 18.1 Å². The third kappa shape index (κ3) is 33.3. The second-order valence-corrected chi connectivity index (χ2v) is 38.7. The molecule has 4 aliphatic carbocycles. The van der Waals surface area contributed by atoms with Crippen LogP contribution in [-0.2, 0) is 127 Å². The van der Waals surface area contributed by atoms with Crippen molar-refractivity contribution in [3.05, 3.63) is 131 Å². The van der Waals surface area contributed by atoms with Crippen LogP contribution in [0.5, 0.6) is 0 Å². The molecule has 3 aromatic carbocycles. The van der Waals surface area contributed by atoms with Crippen LogP contribution in [0.2, 0.25) is 0 Å². The van der Waals surface area contributed by atoms with Crippen molar-refractivity contribution in [1.82, 2.24) is 50.4 Å². The molecule has 6 aromatic rings. The van der Waals surface area contributed by atoms with Gasteiger partial charge in [0.1, 0.15) is 31.1 Å². The number of benzene rings is 3. The standard InChI is InChI=1S/C95H132N14O27S2/c1-66(2)83(103-79(110)25-28-105(82(113)57-108-80(111)22-23-81(108)112)29-32-125-36-37-127-40-41-129-44-45-131-48-49-133-52-53-134-51-50-132-47-46-130-43-42-128-39-38-126-35-34-124-6)87(116)100-76(14-10-26-97-89(96)119)86(115)99-70-18-16-68(17-19-70)58-135-91(120)106(31-54-138(121,122)123)30-33-136-95-62-92(4)59-93(5,63-95)61-94(60-92,64-95)65-109-67(3)73(55-98-109)71-20-21-78(102-84(71)88(117)118)107-27-24-69-11-9-12-72(74(69)56-107)85(114)104-90-101-75-13-7-8-15-77(75)137-90/h7-9,11-13,15-23,55,66,76,83H,10,14,24-54,56-65H2,1-6H3,(H,99,115)(H,100,116)(H,103,110)(H,117,118)(H3,96,97,119)(H,101,104,114)(H,121,122,123)/t76-,83-,92?,93?,94?,95?/m0/s1. The second kappa shape index (κ2) is 53.1. The zero-order chi connectivity index (χ0) is 98.7. The first kappa shape index (κ1) is 108. The number of imide groups is 1. The molecule has 4 fully saturated rings. The molecule has 5 heterocycles. The number of amides is 10. The van der Waals surface area contributed by atoms with E-state index in [0.717, 1.165) is 76.2 Å². The number of para-hydroxylation sites is 1. The summed E-state index contributed by atoms with van der Waals surface area (Å²) in [6, 6.07) is 19.8. The first-order chi connectivity index (χ1) is 66.3. The predicted molar refractivity (Wildman–Crippen MR) is 507 cm³/mol. The summed E-state index contributed by atoms with van der Waals surface area (Å²) >= 11 is 1.39. The van der Waals surface area contributed by atoms with Crippen molar-refractivity contribution in [3.8, 4) is 11.1 Å². The van der Waals surface area contributed by atoms with Crippen molar-refractivity contribution in [2.75, 3.05) is 220 Å². The summed E-state index contributed by atoms with van der Waals surface area (Å²) in [6.07, 6.45) is 8.15. The SMILES string of the molecule is COCCOCCOCCOCCOCCOCCOCCOCCOCCOCCOCCN(CCC(=O)N[C@H](C(=O)N[C@@H](CCCNC(N)=O)C(=O)Nc1ccc(COC(=O)N(CCOC23CC4(C)CC(C)(CC(Cn5ncc(-c6ccc(N7CCc8cccc(C(=O)Nc9nc%10ccccc%10s9)c8C7)nc6C(=O)O)c5C)(C4)C2)C3)CCS(=O)(=O)O)cc1)C(C)C)C(=O)CN1C(=O)C=CC1=O. The lowest BCUT2D eigenvalue weighted by Gasteiger charge is -2.69. The summed E-state index contributed by atoms with van der Waals surface area (Å²) in [4.78, 5) is 148. The van der Waals surface area contributed by atoms with Gasteiger partial charge in [-0.05, 0) is 146 Å². The molecule has 0 spiro atoms. The van der Waals surface area contributed by atoms with Crippen molar-refractivity contribution in [2.24, 2.45) is 27.9 Å². The number of hydrogen-bond acceptors (Lipinski definition) is 30. The zero-order valence-electron chi connectivity index (χ0n) is 79.4. The molecule has 4 bridgehead atoms. The Labute approximate surface area is 807 Å². The van der Waals surface area contributed by atoms with Gasteiger partial charge < -0.3 is 108 Å². The molecule has 12 rings (SSSR count). The summed E-state index contributed by atoms with van der Waals surface area (Å²) in [7, 11) is -2.93. The number of carbonyl (C=O) groups is 10. The third-order valence-electron chi connectivity index (χ3n) is 24.5. The number of rotatable bonds is 64. The summed E-state index contributed by atoms with van der Waals surface area (Å²) < 4.78 is 110. The van der Waals surface area contributed by atoms with E-state index in [1.807, 2.05) is 59.0 Å². The lowest BCUT2D eigenvalue weighted by Crippen LogP contribution is -2.64. The van der Waals surface area contributed by atoms with Gasteiger partial charge in [0.25, 0.3) is 27.8 Å². The van der Waals surface area contributed by atoms with Gasteiger partial charge in [-0.25, -0.2) is 24.4 Å². The Morgan fingerprint density at radius 1 is 0.630 bits per heavy atom. The highest BCUT2D eigenvalue weighted by molar-refractivity contribution is 7.85. The van der Waals surface area contributed by atoms with Crippen LogP contribution in [0.15, 0.2) is 97.2 Å². The highest BCUT2D eigenvalue weighted by Gasteiger charge is 2.66. The van der Waals surface area contributed by atoms with Crippen LogP contribution in [0.3, 0.4) is 0 Å². The van der Waals surface area contributed by atoms with Crippen LogP contribution in [0.25, 0.3) is 21.3 Å². The number of pyridine rings is 1. The average Bonchev–Trinajstić information content (AvgIpc) is 0.791. The molecule has 138 heavy (non-hydrogen) atoms. The summed E-state index contributed by atoms with van der Waals surface area (Å²) in [5.41, 5.74) is 9.57. The normalized spacial score (nSPS) is 18.6. The molecule has 2 aliphatic heterocycles. The largest absolute Gasteiger partial charge is 0.476 e. The fraction of sp³-hybridized carbons (Fsp3) is 0.589. The molecule has 10 amide bonds. The van der Waals surface area contributed by atoms with E-state index in [1.165, 1.54) is 33.3 Å².